The van der Waals surface area contributed by atoms with Gasteiger partial charge in [-0.15, -0.1) is 0 Å². The molecule has 0 bridgehead atoms. The summed E-state index contributed by atoms with van der Waals surface area (Å²) in [6.07, 6.45) is -6.97. The van der Waals surface area contributed by atoms with Crippen molar-refractivity contribution in [3.63, 3.8) is 0 Å². The van der Waals surface area contributed by atoms with Crippen LogP contribution in [0.2, 0.25) is 5.02 Å². The minimum atomic E-state index is -3.50. The molecule has 1 atom stereocenters. The predicted molar refractivity (Wildman–Crippen MR) is 88.6 cm³/mol. The van der Waals surface area contributed by atoms with Crippen LogP contribution in [0.15, 0.2) is 52.6 Å². The minimum absolute atomic E-state index is 0.0314. The summed E-state index contributed by atoms with van der Waals surface area (Å²) in [4.78, 5) is 12.4. The first kappa shape index (κ1) is 20.0. The summed E-state index contributed by atoms with van der Waals surface area (Å²) >= 11 is 5.94. The van der Waals surface area contributed by atoms with Crippen molar-refractivity contribution in [2.24, 2.45) is 0 Å². The third-order valence-electron chi connectivity index (χ3n) is 3.93. The number of carbonyl (C=O) groups excluding carboxylic acids is 1. The number of furan rings is 1. The van der Waals surface area contributed by atoms with Gasteiger partial charge in [0.1, 0.15) is 23.8 Å². The van der Waals surface area contributed by atoms with Gasteiger partial charge in [-0.3, -0.25) is 10.2 Å². The van der Waals surface area contributed by atoms with Gasteiger partial charge in [0.25, 0.3) is 12.5 Å². The molecule has 150 valence electrons. The average molecular weight is 421 g/mol. The van der Waals surface area contributed by atoms with Crippen LogP contribution < -0.4 is 10.2 Å². The van der Waals surface area contributed by atoms with Crippen molar-refractivity contribution in [3.05, 3.63) is 64.7 Å². The SMILES string of the molecule is O=C(c1ccc(COc2ccccc2Cl)o1)N1NC(=C(F)F)CC1(O)C(F)F. The first-order valence-electron chi connectivity index (χ1n) is 7.84. The van der Waals surface area contributed by atoms with Gasteiger partial charge in [0, 0.05) is 0 Å². The summed E-state index contributed by atoms with van der Waals surface area (Å²) in [7, 11) is 0. The summed E-state index contributed by atoms with van der Waals surface area (Å²) in [5.41, 5.74) is -2.31. The minimum Gasteiger partial charge on any atom is -0.484 e. The van der Waals surface area contributed by atoms with Gasteiger partial charge >= 0.3 is 5.91 Å². The Hall–Kier alpha value is -2.72. The van der Waals surface area contributed by atoms with Crippen LogP contribution in [0.4, 0.5) is 17.6 Å². The highest BCUT2D eigenvalue weighted by Crippen LogP contribution is 2.35. The fourth-order valence-electron chi connectivity index (χ4n) is 2.51. The smallest absolute Gasteiger partial charge is 0.310 e. The Kier molecular flexibility index (Phi) is 5.52. The van der Waals surface area contributed by atoms with Crippen LogP contribution in [0.3, 0.4) is 0 Å². The van der Waals surface area contributed by atoms with Crippen molar-refractivity contribution in [2.75, 3.05) is 0 Å². The number of ether oxygens (including phenoxy) is 1. The molecule has 1 aliphatic rings. The Morgan fingerprint density at radius 3 is 2.68 bits per heavy atom. The van der Waals surface area contributed by atoms with Gasteiger partial charge < -0.3 is 14.3 Å². The molecule has 0 saturated carbocycles. The molecule has 1 fully saturated rings. The summed E-state index contributed by atoms with van der Waals surface area (Å²) < 4.78 is 62.6. The van der Waals surface area contributed by atoms with Gasteiger partial charge in [0.2, 0.25) is 5.72 Å². The number of aliphatic hydroxyl groups is 1. The van der Waals surface area contributed by atoms with Crippen LogP contribution in [0, 0.1) is 0 Å². The first-order chi connectivity index (χ1) is 13.2. The molecular weight excluding hydrogens is 408 g/mol. The zero-order valence-electron chi connectivity index (χ0n) is 14.0. The average Bonchev–Trinajstić information content (AvgIpc) is 3.26. The number of benzene rings is 1. The molecule has 3 rings (SSSR count). The lowest BCUT2D eigenvalue weighted by Crippen LogP contribution is -2.55. The lowest BCUT2D eigenvalue weighted by Gasteiger charge is -2.30. The lowest BCUT2D eigenvalue weighted by atomic mass is 10.1. The number of hydrazine groups is 1. The van der Waals surface area contributed by atoms with Crippen LogP contribution >= 0.6 is 11.6 Å². The van der Waals surface area contributed by atoms with E-state index in [0.717, 1.165) is 6.07 Å². The van der Waals surface area contributed by atoms with Crippen molar-refractivity contribution in [1.29, 1.82) is 0 Å². The maximum Gasteiger partial charge on any atom is 0.310 e. The Labute approximate surface area is 160 Å². The van der Waals surface area contributed by atoms with Gasteiger partial charge in [-0.1, -0.05) is 23.7 Å². The Balaban J connectivity index is 1.76. The fourth-order valence-corrected chi connectivity index (χ4v) is 2.70. The van der Waals surface area contributed by atoms with Gasteiger partial charge in [-0.25, -0.2) is 13.8 Å². The second-order valence-electron chi connectivity index (χ2n) is 5.83. The molecule has 11 heteroatoms. The monoisotopic (exact) mass is 420 g/mol. The van der Waals surface area contributed by atoms with E-state index in [-0.39, 0.29) is 17.4 Å². The van der Waals surface area contributed by atoms with Crippen LogP contribution in [0.5, 0.6) is 5.75 Å². The Morgan fingerprint density at radius 1 is 1.32 bits per heavy atom. The molecule has 1 aliphatic heterocycles. The Morgan fingerprint density at radius 2 is 2.04 bits per heavy atom. The largest absolute Gasteiger partial charge is 0.484 e. The van der Waals surface area contributed by atoms with Gasteiger partial charge in [-0.05, 0) is 24.3 Å². The summed E-state index contributed by atoms with van der Waals surface area (Å²) in [5, 5.41) is 10.4. The molecule has 28 heavy (non-hydrogen) atoms. The standard InChI is InChI=1S/C17H13ClF4N2O4/c18-10-3-1-2-4-12(10)27-8-9-5-6-13(28-9)15(25)24-17(26,16(21)22)7-11(23-24)14(19)20/h1-6,16,23,26H,7-8H2. The van der Waals surface area contributed by atoms with E-state index >= 15 is 0 Å². The predicted octanol–water partition coefficient (Wildman–Crippen LogP) is 3.92. The summed E-state index contributed by atoms with van der Waals surface area (Å²) in [6.45, 7) is -0.131. The molecular formula is C17H13ClF4N2O4. The van der Waals surface area contributed by atoms with E-state index in [9.17, 15) is 27.5 Å². The first-order valence-corrected chi connectivity index (χ1v) is 8.22. The van der Waals surface area contributed by atoms with Crippen molar-refractivity contribution in [1.82, 2.24) is 10.4 Å². The molecule has 2 N–H and O–H groups in total. The van der Waals surface area contributed by atoms with Crippen LogP contribution in [-0.2, 0) is 6.61 Å². The quantitative estimate of drug-likeness (QED) is 0.717. The zero-order valence-corrected chi connectivity index (χ0v) is 14.7. The van der Waals surface area contributed by atoms with Gasteiger partial charge in [0.15, 0.2) is 5.76 Å². The van der Waals surface area contributed by atoms with Crippen molar-refractivity contribution >= 4 is 17.5 Å². The van der Waals surface area contributed by atoms with Crippen LogP contribution in [-0.4, -0.2) is 28.2 Å². The molecule has 1 unspecified atom stereocenters. The topological polar surface area (TPSA) is 74.9 Å². The second-order valence-corrected chi connectivity index (χ2v) is 6.24. The zero-order chi connectivity index (χ0) is 20.5. The van der Waals surface area contributed by atoms with E-state index in [2.05, 4.69) is 0 Å². The molecule has 1 saturated heterocycles. The number of alkyl halides is 2. The highest BCUT2D eigenvalue weighted by molar-refractivity contribution is 6.32. The number of amides is 1. The number of nitrogens with zero attached hydrogens (tertiary/aromatic N) is 1. The summed E-state index contributed by atoms with van der Waals surface area (Å²) in [6, 6.07) is 9.09. The fraction of sp³-hybridized carbons (Fsp3) is 0.235. The molecule has 2 heterocycles. The van der Waals surface area contributed by atoms with E-state index in [0.29, 0.717) is 10.8 Å². The number of hydrogen-bond acceptors (Lipinski definition) is 5. The molecule has 2 aromatic rings. The van der Waals surface area contributed by atoms with Crippen molar-refractivity contribution in [2.45, 2.75) is 25.2 Å². The third-order valence-corrected chi connectivity index (χ3v) is 4.24. The van der Waals surface area contributed by atoms with Crippen molar-refractivity contribution < 1.29 is 36.6 Å². The molecule has 0 spiro atoms. The number of rotatable bonds is 5. The maximum absolute atomic E-state index is 13.2. The van der Waals surface area contributed by atoms with Gasteiger partial charge in [-0.2, -0.15) is 8.78 Å². The molecule has 1 aromatic heterocycles. The molecule has 0 aliphatic carbocycles. The number of nitrogens with one attached hydrogen (secondary N) is 1. The maximum atomic E-state index is 13.2. The van der Waals surface area contributed by atoms with Crippen LogP contribution in [0.1, 0.15) is 22.7 Å². The normalized spacial score (nSPS) is 19.1. The molecule has 1 amide bonds. The van der Waals surface area contributed by atoms with E-state index in [1.54, 1.807) is 24.3 Å². The van der Waals surface area contributed by atoms with E-state index in [1.165, 1.54) is 6.07 Å². The van der Waals surface area contributed by atoms with Crippen LogP contribution in [0.25, 0.3) is 0 Å². The Bertz CT molecular complexity index is 916. The molecule has 6 nitrogen and oxygen atoms in total. The summed E-state index contributed by atoms with van der Waals surface area (Å²) in [5.74, 6) is -1.20. The number of hydrogen-bond donors (Lipinski definition) is 2. The van der Waals surface area contributed by atoms with E-state index in [4.69, 9.17) is 20.8 Å². The highest BCUT2D eigenvalue weighted by Gasteiger charge is 2.54. The number of halogens is 5. The second kappa shape index (κ2) is 7.72. The number of para-hydroxylation sites is 1. The number of carbonyl (C=O) groups is 1. The lowest BCUT2D eigenvalue weighted by molar-refractivity contribution is -0.168. The third kappa shape index (κ3) is 3.78. The van der Waals surface area contributed by atoms with Gasteiger partial charge in [0.05, 0.1) is 11.4 Å². The molecule has 1 aromatic carbocycles. The molecule has 0 radical (unpaired) electrons. The van der Waals surface area contributed by atoms with E-state index < -0.39 is 42.0 Å². The van der Waals surface area contributed by atoms with Crippen molar-refractivity contribution in [3.8, 4) is 5.75 Å². The highest BCUT2D eigenvalue weighted by atomic mass is 35.5. The van der Waals surface area contributed by atoms with E-state index in [1.807, 2.05) is 5.43 Å².